The molecule has 0 spiro atoms. The summed E-state index contributed by atoms with van der Waals surface area (Å²) in [5.74, 6) is -0.0286. The van der Waals surface area contributed by atoms with Crippen molar-refractivity contribution in [3.8, 4) is 0 Å². The third kappa shape index (κ3) is 4.55. The molecule has 1 aliphatic rings. The van der Waals surface area contributed by atoms with Crippen LogP contribution in [0.5, 0.6) is 0 Å². The van der Waals surface area contributed by atoms with Gasteiger partial charge in [-0.3, -0.25) is 14.5 Å². The summed E-state index contributed by atoms with van der Waals surface area (Å²) in [7, 11) is 0. The highest BCUT2D eigenvalue weighted by atomic mass is 32.2. The van der Waals surface area contributed by atoms with Crippen LogP contribution in [-0.4, -0.2) is 17.6 Å². The number of unbranched alkanes of at least 4 members (excludes halogenated alkanes) is 2. The first-order chi connectivity index (χ1) is 13.5. The Morgan fingerprint density at radius 3 is 2.82 bits per heavy atom. The zero-order valence-corrected chi connectivity index (χ0v) is 17.0. The van der Waals surface area contributed by atoms with Crippen molar-refractivity contribution in [2.45, 2.75) is 44.9 Å². The topological polar surface area (TPSA) is 49.4 Å². The molecule has 0 bridgehead atoms. The van der Waals surface area contributed by atoms with Gasteiger partial charge in [0.2, 0.25) is 11.8 Å². The molecule has 0 aliphatic carbocycles. The number of anilines is 2. The van der Waals surface area contributed by atoms with Crippen LogP contribution in [0.25, 0.3) is 0 Å². The molecule has 0 aromatic heterocycles. The molecule has 1 atom stereocenters. The van der Waals surface area contributed by atoms with Gasteiger partial charge in [-0.05, 0) is 43.2 Å². The van der Waals surface area contributed by atoms with E-state index in [1.807, 2.05) is 24.3 Å². The summed E-state index contributed by atoms with van der Waals surface area (Å²) in [5.41, 5.74) is 2.68. The Bertz CT molecular complexity index is 871. The first-order valence-electron chi connectivity index (χ1n) is 9.60. The van der Waals surface area contributed by atoms with E-state index in [9.17, 15) is 14.0 Å². The quantitative estimate of drug-likeness (QED) is 0.630. The maximum absolute atomic E-state index is 14.0. The number of nitrogens with one attached hydrogen (secondary N) is 1. The Hall–Kier alpha value is -2.34. The number of hydrogen-bond acceptors (Lipinski definition) is 3. The first-order valence-corrected chi connectivity index (χ1v) is 10.6. The van der Waals surface area contributed by atoms with Gasteiger partial charge < -0.3 is 5.32 Å². The Morgan fingerprint density at radius 2 is 2.04 bits per heavy atom. The van der Waals surface area contributed by atoms with Crippen LogP contribution in [0.3, 0.4) is 0 Å². The number of rotatable bonds is 7. The number of carbonyl (C=O) groups is 2. The van der Waals surface area contributed by atoms with E-state index in [1.165, 1.54) is 17.8 Å². The molecule has 28 heavy (non-hydrogen) atoms. The van der Waals surface area contributed by atoms with E-state index in [4.69, 9.17) is 0 Å². The maximum atomic E-state index is 14.0. The number of halogens is 1. The summed E-state index contributed by atoms with van der Waals surface area (Å²) in [4.78, 5) is 26.3. The number of nitrogens with zero attached hydrogens (tertiary/aromatic N) is 1. The third-order valence-electron chi connectivity index (χ3n) is 4.83. The fraction of sp³-hybridized carbons (Fsp3) is 0.364. The van der Waals surface area contributed by atoms with E-state index in [-0.39, 0.29) is 23.0 Å². The number of thioether (sulfide) groups is 1. The van der Waals surface area contributed by atoms with Crippen LogP contribution in [0.4, 0.5) is 15.8 Å². The lowest BCUT2D eigenvalue weighted by molar-refractivity contribution is -0.117. The van der Waals surface area contributed by atoms with E-state index < -0.39 is 0 Å². The second-order valence-electron chi connectivity index (χ2n) is 6.94. The van der Waals surface area contributed by atoms with Crippen LogP contribution in [0, 0.1) is 12.7 Å². The molecule has 2 aromatic rings. The summed E-state index contributed by atoms with van der Waals surface area (Å²) in [5, 5.41) is 2.69. The van der Waals surface area contributed by atoms with Gasteiger partial charge in [-0.25, -0.2) is 4.39 Å². The maximum Gasteiger partial charge on any atom is 0.238 e. The van der Waals surface area contributed by atoms with Crippen molar-refractivity contribution in [1.82, 2.24) is 0 Å². The highest BCUT2D eigenvalue weighted by Gasteiger charge is 2.35. The highest BCUT2D eigenvalue weighted by molar-refractivity contribution is 8.00. The van der Waals surface area contributed by atoms with Gasteiger partial charge in [-0.2, -0.15) is 0 Å². The average molecular weight is 401 g/mol. The molecule has 6 heteroatoms. The molecule has 1 unspecified atom stereocenters. The SMILES string of the molecule is CCCCCC(=O)Nc1cccc(C2SCC(=O)N2c2cccc(F)c2C)c1. The van der Waals surface area contributed by atoms with Gasteiger partial charge in [0.05, 0.1) is 11.4 Å². The Morgan fingerprint density at radius 1 is 1.25 bits per heavy atom. The normalized spacial score (nSPS) is 16.5. The molecule has 1 aliphatic heterocycles. The van der Waals surface area contributed by atoms with Crippen LogP contribution in [0.1, 0.15) is 49.1 Å². The largest absolute Gasteiger partial charge is 0.326 e. The molecule has 1 saturated heterocycles. The van der Waals surface area contributed by atoms with Crippen molar-refractivity contribution >= 4 is 35.0 Å². The smallest absolute Gasteiger partial charge is 0.238 e. The molecule has 1 heterocycles. The van der Waals surface area contributed by atoms with E-state index in [0.717, 1.165) is 30.5 Å². The minimum Gasteiger partial charge on any atom is -0.326 e. The second-order valence-corrected chi connectivity index (χ2v) is 8.01. The van der Waals surface area contributed by atoms with Gasteiger partial charge in [-0.15, -0.1) is 11.8 Å². The summed E-state index contributed by atoms with van der Waals surface area (Å²) >= 11 is 1.51. The number of benzene rings is 2. The lowest BCUT2D eigenvalue weighted by Crippen LogP contribution is -2.28. The molecular weight excluding hydrogens is 375 g/mol. The Kier molecular flexibility index (Phi) is 6.73. The van der Waals surface area contributed by atoms with Crippen LogP contribution in [0.2, 0.25) is 0 Å². The summed E-state index contributed by atoms with van der Waals surface area (Å²) in [6.07, 6.45) is 3.49. The lowest BCUT2D eigenvalue weighted by atomic mass is 10.1. The standard InChI is InChI=1S/C22H25FN2O2S/c1-3-4-5-12-20(26)24-17-9-6-8-16(13-17)22-25(21(27)14-28-22)19-11-7-10-18(23)15(19)2/h6-11,13,22H,3-5,12,14H2,1-2H3,(H,24,26). The monoisotopic (exact) mass is 400 g/mol. The van der Waals surface area contributed by atoms with Crippen LogP contribution >= 0.6 is 11.8 Å². The van der Waals surface area contributed by atoms with Crippen molar-refractivity contribution < 1.29 is 14.0 Å². The number of carbonyl (C=O) groups excluding carboxylic acids is 2. The zero-order chi connectivity index (χ0) is 20.1. The van der Waals surface area contributed by atoms with Gasteiger partial charge in [0.15, 0.2) is 0 Å². The van der Waals surface area contributed by atoms with Crippen LogP contribution < -0.4 is 10.2 Å². The van der Waals surface area contributed by atoms with Crippen molar-refractivity contribution in [2.24, 2.45) is 0 Å². The van der Waals surface area contributed by atoms with Gasteiger partial charge >= 0.3 is 0 Å². The second kappa shape index (κ2) is 9.24. The molecule has 1 fully saturated rings. The van der Waals surface area contributed by atoms with Crippen LogP contribution in [-0.2, 0) is 9.59 Å². The van der Waals surface area contributed by atoms with E-state index in [2.05, 4.69) is 12.2 Å². The van der Waals surface area contributed by atoms with Crippen molar-refractivity contribution in [2.75, 3.05) is 16.0 Å². The van der Waals surface area contributed by atoms with E-state index in [0.29, 0.717) is 23.4 Å². The molecule has 0 saturated carbocycles. The highest BCUT2D eigenvalue weighted by Crippen LogP contribution is 2.43. The minimum atomic E-state index is -0.325. The van der Waals surface area contributed by atoms with Gasteiger partial charge in [0.1, 0.15) is 11.2 Å². The Labute approximate surface area is 169 Å². The van der Waals surface area contributed by atoms with Crippen molar-refractivity contribution in [3.63, 3.8) is 0 Å². The molecule has 148 valence electrons. The molecule has 2 aromatic carbocycles. The predicted molar refractivity (Wildman–Crippen MR) is 113 cm³/mol. The molecule has 0 radical (unpaired) electrons. The van der Waals surface area contributed by atoms with Gasteiger partial charge in [0, 0.05) is 17.7 Å². The summed E-state index contributed by atoms with van der Waals surface area (Å²) in [6.45, 7) is 3.79. The lowest BCUT2D eigenvalue weighted by Gasteiger charge is -2.26. The Balaban J connectivity index is 1.81. The molecule has 1 N–H and O–H groups in total. The summed E-state index contributed by atoms with van der Waals surface area (Å²) in [6, 6.07) is 12.3. The van der Waals surface area contributed by atoms with Gasteiger partial charge in [-0.1, -0.05) is 38.0 Å². The fourth-order valence-electron chi connectivity index (χ4n) is 3.32. The number of hydrogen-bond donors (Lipinski definition) is 1. The zero-order valence-electron chi connectivity index (χ0n) is 16.2. The summed E-state index contributed by atoms with van der Waals surface area (Å²) < 4.78 is 14.0. The average Bonchev–Trinajstić information content (AvgIpc) is 3.06. The minimum absolute atomic E-state index is 0.00131. The van der Waals surface area contributed by atoms with Crippen molar-refractivity contribution in [1.29, 1.82) is 0 Å². The number of amides is 2. The van der Waals surface area contributed by atoms with Gasteiger partial charge in [0.25, 0.3) is 0 Å². The molecular formula is C22H25FN2O2S. The van der Waals surface area contributed by atoms with Crippen molar-refractivity contribution in [3.05, 3.63) is 59.4 Å². The first kappa shape index (κ1) is 20.4. The molecule has 3 rings (SSSR count). The van der Waals surface area contributed by atoms with E-state index >= 15 is 0 Å². The molecule has 4 nitrogen and oxygen atoms in total. The molecule has 2 amide bonds. The fourth-order valence-corrected chi connectivity index (χ4v) is 4.48. The predicted octanol–water partition coefficient (Wildman–Crippen LogP) is 5.43. The third-order valence-corrected chi connectivity index (χ3v) is 6.04. The van der Waals surface area contributed by atoms with Crippen LogP contribution in [0.15, 0.2) is 42.5 Å². The van der Waals surface area contributed by atoms with E-state index in [1.54, 1.807) is 24.0 Å².